The van der Waals surface area contributed by atoms with Gasteiger partial charge in [0.2, 0.25) is 0 Å². The Labute approximate surface area is 201 Å². The number of carbonyl (C=O) groups excluding carboxylic acids is 2. The molecule has 0 aliphatic heterocycles. The van der Waals surface area contributed by atoms with Crippen molar-refractivity contribution in [2.45, 2.75) is 52.4 Å². The highest BCUT2D eigenvalue weighted by atomic mass is 16.6. The highest BCUT2D eigenvalue weighted by molar-refractivity contribution is 5.87. The van der Waals surface area contributed by atoms with Crippen LogP contribution in [-0.4, -0.2) is 12.2 Å². The number of hydrogen-bond acceptors (Lipinski definition) is 4. The average Bonchev–Trinajstić information content (AvgIpc) is 2.74. The minimum absolute atomic E-state index is 0.0383. The van der Waals surface area contributed by atoms with Gasteiger partial charge < -0.3 is 9.47 Å². The van der Waals surface area contributed by atoms with Gasteiger partial charge in [0, 0.05) is 11.4 Å². The van der Waals surface area contributed by atoms with Gasteiger partial charge >= 0.3 is 12.2 Å². The number of amides is 2. The van der Waals surface area contributed by atoms with Crippen molar-refractivity contribution in [2.24, 2.45) is 0 Å². The van der Waals surface area contributed by atoms with Gasteiger partial charge in [-0.1, -0.05) is 65.8 Å². The number of hydrogen-bond donors (Lipinski definition) is 2. The summed E-state index contributed by atoms with van der Waals surface area (Å²) < 4.78 is 10.6. The summed E-state index contributed by atoms with van der Waals surface area (Å²) in [6, 6.07) is 21.5. The average molecular weight is 461 g/mol. The van der Waals surface area contributed by atoms with Gasteiger partial charge in [-0.25, -0.2) is 9.59 Å². The second kappa shape index (κ2) is 10.00. The lowest BCUT2D eigenvalue weighted by molar-refractivity contribution is 0.213. The molecule has 0 aromatic heterocycles. The van der Waals surface area contributed by atoms with E-state index in [0.717, 1.165) is 0 Å². The fourth-order valence-electron chi connectivity index (χ4n) is 3.18. The Kier molecular flexibility index (Phi) is 7.30. The fraction of sp³-hybridized carbons (Fsp3) is 0.286. The summed E-state index contributed by atoms with van der Waals surface area (Å²) in [5.41, 5.74) is 3.71. The predicted octanol–water partition coefficient (Wildman–Crippen LogP) is 7.50. The van der Waals surface area contributed by atoms with Crippen molar-refractivity contribution in [3.05, 3.63) is 83.9 Å². The number of rotatable bonds is 4. The Hall–Kier alpha value is -3.80. The van der Waals surface area contributed by atoms with Gasteiger partial charge in [-0.15, -0.1) is 0 Å². The summed E-state index contributed by atoms with van der Waals surface area (Å²) in [6.07, 6.45) is -1.21. The van der Waals surface area contributed by atoms with Gasteiger partial charge in [0.1, 0.15) is 11.5 Å². The Morgan fingerprint density at radius 3 is 1.09 bits per heavy atom. The van der Waals surface area contributed by atoms with Crippen LogP contribution in [0.25, 0.3) is 0 Å². The van der Waals surface area contributed by atoms with E-state index in [1.807, 2.05) is 48.5 Å². The standard InChI is InChI=1S/C28H32N2O4/c1-27(2,3)19-7-11-21(12-8-19)29-25(31)33-23-15-17-24(18-16-23)34-26(32)30-22-13-9-20(10-14-22)28(4,5)6/h7-18H,1-6H3,(H,29,31)(H,30,32). The molecule has 0 aliphatic carbocycles. The maximum atomic E-state index is 12.2. The Morgan fingerprint density at radius 2 is 0.824 bits per heavy atom. The third-order valence-electron chi connectivity index (χ3n) is 5.24. The maximum absolute atomic E-state index is 12.2. The van der Waals surface area contributed by atoms with Crippen molar-refractivity contribution in [2.75, 3.05) is 10.6 Å². The van der Waals surface area contributed by atoms with Crippen LogP contribution in [0, 0.1) is 0 Å². The Morgan fingerprint density at radius 1 is 0.529 bits per heavy atom. The summed E-state index contributed by atoms with van der Waals surface area (Å²) in [4.78, 5) is 24.4. The molecule has 0 saturated heterocycles. The zero-order valence-electron chi connectivity index (χ0n) is 20.6. The molecule has 0 heterocycles. The van der Waals surface area contributed by atoms with Crippen LogP contribution in [0.3, 0.4) is 0 Å². The van der Waals surface area contributed by atoms with Crippen LogP contribution in [0.1, 0.15) is 52.7 Å². The zero-order chi connectivity index (χ0) is 24.9. The van der Waals surface area contributed by atoms with E-state index in [2.05, 4.69) is 52.2 Å². The number of nitrogens with one attached hydrogen (secondary N) is 2. The maximum Gasteiger partial charge on any atom is 0.417 e. The molecular weight excluding hydrogens is 428 g/mol. The summed E-state index contributed by atoms with van der Waals surface area (Å²) in [6.45, 7) is 12.8. The minimum Gasteiger partial charge on any atom is -0.410 e. The van der Waals surface area contributed by atoms with Crippen LogP contribution in [0.2, 0.25) is 0 Å². The lowest BCUT2D eigenvalue weighted by atomic mass is 9.87. The molecule has 0 fully saturated rings. The first-order chi connectivity index (χ1) is 15.9. The van der Waals surface area contributed by atoms with E-state index >= 15 is 0 Å². The van der Waals surface area contributed by atoms with Crippen LogP contribution in [0.15, 0.2) is 72.8 Å². The van der Waals surface area contributed by atoms with E-state index in [9.17, 15) is 9.59 Å². The monoisotopic (exact) mass is 460 g/mol. The molecule has 3 aromatic carbocycles. The number of anilines is 2. The smallest absolute Gasteiger partial charge is 0.410 e. The molecule has 0 aliphatic rings. The first-order valence-corrected chi connectivity index (χ1v) is 11.2. The van der Waals surface area contributed by atoms with Crippen molar-refractivity contribution in [1.29, 1.82) is 0 Å². The molecule has 0 bridgehead atoms. The van der Waals surface area contributed by atoms with Crippen LogP contribution in [-0.2, 0) is 10.8 Å². The summed E-state index contributed by atoms with van der Waals surface area (Å²) >= 11 is 0. The van der Waals surface area contributed by atoms with Crippen molar-refractivity contribution < 1.29 is 19.1 Å². The predicted molar refractivity (Wildman–Crippen MR) is 136 cm³/mol. The number of carbonyl (C=O) groups is 2. The number of benzene rings is 3. The van der Waals surface area contributed by atoms with Crippen LogP contribution < -0.4 is 20.1 Å². The summed E-state index contributed by atoms with van der Waals surface area (Å²) in [7, 11) is 0. The van der Waals surface area contributed by atoms with Gasteiger partial charge in [0.25, 0.3) is 0 Å². The van der Waals surface area contributed by atoms with Gasteiger partial charge in [-0.2, -0.15) is 0 Å². The van der Waals surface area contributed by atoms with Crippen LogP contribution in [0.4, 0.5) is 21.0 Å². The normalized spacial score (nSPS) is 11.5. The highest BCUT2D eigenvalue weighted by Crippen LogP contribution is 2.25. The lowest BCUT2D eigenvalue weighted by Crippen LogP contribution is -2.18. The second-order valence-electron chi connectivity index (χ2n) is 10.2. The fourth-order valence-corrected chi connectivity index (χ4v) is 3.18. The van der Waals surface area contributed by atoms with E-state index < -0.39 is 12.2 Å². The van der Waals surface area contributed by atoms with Gasteiger partial charge in [0.05, 0.1) is 0 Å². The molecule has 0 atom stereocenters. The highest BCUT2D eigenvalue weighted by Gasteiger charge is 2.15. The molecule has 3 rings (SSSR count). The minimum atomic E-state index is -0.603. The molecule has 0 spiro atoms. The van der Waals surface area contributed by atoms with Gasteiger partial charge in [0.15, 0.2) is 0 Å². The Bertz CT molecular complexity index is 1030. The number of ether oxygens (including phenoxy) is 2. The molecule has 6 nitrogen and oxygen atoms in total. The molecule has 6 heteroatoms. The van der Waals surface area contributed by atoms with E-state index in [1.54, 1.807) is 24.3 Å². The lowest BCUT2D eigenvalue weighted by Gasteiger charge is -2.19. The van der Waals surface area contributed by atoms with Gasteiger partial charge in [-0.05, 0) is 70.5 Å². The third kappa shape index (κ3) is 7.10. The molecule has 3 aromatic rings. The molecule has 0 unspecified atom stereocenters. The van der Waals surface area contributed by atoms with E-state index in [0.29, 0.717) is 22.9 Å². The van der Waals surface area contributed by atoms with Crippen LogP contribution >= 0.6 is 0 Å². The van der Waals surface area contributed by atoms with E-state index in [-0.39, 0.29) is 10.8 Å². The van der Waals surface area contributed by atoms with Crippen molar-refractivity contribution >= 4 is 23.6 Å². The molecular formula is C28H32N2O4. The first kappa shape index (κ1) is 24.8. The van der Waals surface area contributed by atoms with Gasteiger partial charge in [-0.3, -0.25) is 10.6 Å². The largest absolute Gasteiger partial charge is 0.417 e. The van der Waals surface area contributed by atoms with E-state index in [4.69, 9.17) is 9.47 Å². The van der Waals surface area contributed by atoms with E-state index in [1.165, 1.54) is 11.1 Å². The molecule has 0 saturated carbocycles. The third-order valence-corrected chi connectivity index (χ3v) is 5.24. The second-order valence-corrected chi connectivity index (χ2v) is 10.2. The van der Waals surface area contributed by atoms with Crippen molar-refractivity contribution in [3.63, 3.8) is 0 Å². The molecule has 34 heavy (non-hydrogen) atoms. The molecule has 2 amide bonds. The summed E-state index contributed by atoms with van der Waals surface area (Å²) in [5, 5.41) is 5.40. The SMILES string of the molecule is CC(C)(C)c1ccc(NC(=O)Oc2ccc(OC(=O)Nc3ccc(C(C)(C)C)cc3)cc2)cc1. The zero-order valence-corrected chi connectivity index (χ0v) is 20.6. The molecule has 178 valence electrons. The summed E-state index contributed by atoms with van der Waals surface area (Å²) in [5.74, 6) is 0.656. The first-order valence-electron chi connectivity index (χ1n) is 11.2. The topological polar surface area (TPSA) is 76.7 Å². The quantitative estimate of drug-likeness (QED) is 0.422. The van der Waals surface area contributed by atoms with Crippen molar-refractivity contribution in [3.8, 4) is 11.5 Å². The van der Waals surface area contributed by atoms with Crippen LogP contribution in [0.5, 0.6) is 11.5 Å². The van der Waals surface area contributed by atoms with Crippen molar-refractivity contribution in [1.82, 2.24) is 0 Å². The Balaban J connectivity index is 1.50. The molecule has 2 N–H and O–H groups in total. The molecule has 0 radical (unpaired) electrons.